The molecule has 3 aromatic rings. The first-order valence-electron chi connectivity index (χ1n) is 15.9. The van der Waals surface area contributed by atoms with Crippen LogP contribution in [-0.2, 0) is 20.8 Å². The fraction of sp³-hybridized carbons (Fsp3) is 0.545. The number of anilines is 1. The summed E-state index contributed by atoms with van der Waals surface area (Å²) in [5.74, 6) is 1.17. The third kappa shape index (κ3) is 8.13. The molecular weight excluding hydrogens is 558 g/mol. The highest BCUT2D eigenvalue weighted by Crippen LogP contribution is 2.46. The van der Waals surface area contributed by atoms with Gasteiger partial charge in [0.1, 0.15) is 5.75 Å². The number of likely N-dealkylation sites (tertiary alicyclic amines) is 1. The van der Waals surface area contributed by atoms with Gasteiger partial charge >= 0.3 is 0 Å². The second kappa shape index (κ2) is 14.7. The topological polar surface area (TPSA) is 135 Å². The number of aromatic nitrogens is 3. The lowest BCUT2D eigenvalue weighted by atomic mass is 9.76. The second-order valence-electron chi connectivity index (χ2n) is 12.4. The SMILES string of the molecule is CC(=O)NCCc1c[nH]c2ccc(O)cc12.O=C1CC2(CCCC2)CC(=O)N1CCCCN1CCN(c2ncccn2)CC1. The first-order chi connectivity index (χ1) is 21.3. The minimum atomic E-state index is -0.0253. The summed E-state index contributed by atoms with van der Waals surface area (Å²) in [6.07, 6.45) is 13.8. The molecular formula is C33H45N7O4. The van der Waals surface area contributed by atoms with Gasteiger partial charge in [-0.2, -0.15) is 0 Å². The summed E-state index contributed by atoms with van der Waals surface area (Å²) < 4.78 is 0. The highest BCUT2D eigenvalue weighted by Gasteiger charge is 2.44. The Balaban J connectivity index is 0.000000204. The molecule has 0 atom stereocenters. The molecule has 3 N–H and O–H groups in total. The van der Waals surface area contributed by atoms with Crippen LogP contribution in [0.25, 0.3) is 10.9 Å². The fourth-order valence-electron chi connectivity index (χ4n) is 6.74. The van der Waals surface area contributed by atoms with Crippen LogP contribution in [0.3, 0.4) is 0 Å². The maximum absolute atomic E-state index is 12.5. The maximum atomic E-state index is 12.5. The van der Waals surface area contributed by atoms with Crippen molar-refractivity contribution in [3.8, 4) is 5.75 Å². The number of piperidine rings is 1. The Morgan fingerprint density at radius 2 is 1.68 bits per heavy atom. The molecule has 3 aliphatic rings. The van der Waals surface area contributed by atoms with E-state index in [9.17, 15) is 19.5 Å². The first-order valence-corrected chi connectivity index (χ1v) is 15.9. The molecule has 3 amide bonds. The van der Waals surface area contributed by atoms with Crippen molar-refractivity contribution in [3.63, 3.8) is 0 Å². The summed E-state index contributed by atoms with van der Waals surface area (Å²) >= 11 is 0. The summed E-state index contributed by atoms with van der Waals surface area (Å²) in [6, 6.07) is 7.06. The van der Waals surface area contributed by atoms with E-state index in [1.165, 1.54) is 24.7 Å². The molecule has 1 saturated carbocycles. The van der Waals surface area contributed by atoms with Crippen molar-refractivity contribution >= 4 is 34.6 Å². The molecule has 11 heteroatoms. The standard InChI is InChI=1S/C21H31N5O2.C12H14N2O2/c27-18-16-21(6-1-2-7-21)17-19(28)26(18)11-4-3-10-24-12-14-25(15-13-24)20-22-8-5-9-23-20;1-8(15)13-5-4-9-7-14-12-3-2-10(16)6-11(9)12/h5,8-9H,1-4,6-7,10-17H2;2-3,6-7,14,16H,4-5H2,1H3,(H,13,15). The number of piperazine rings is 1. The van der Waals surface area contributed by atoms with Crippen LogP contribution in [0.4, 0.5) is 5.95 Å². The lowest BCUT2D eigenvalue weighted by molar-refractivity contribution is -0.153. The van der Waals surface area contributed by atoms with E-state index in [4.69, 9.17) is 0 Å². The summed E-state index contributed by atoms with van der Waals surface area (Å²) in [7, 11) is 0. The Labute approximate surface area is 259 Å². The van der Waals surface area contributed by atoms with Crippen LogP contribution in [0.2, 0.25) is 0 Å². The third-order valence-electron chi connectivity index (χ3n) is 9.15. The van der Waals surface area contributed by atoms with Gasteiger partial charge in [0.2, 0.25) is 23.7 Å². The van der Waals surface area contributed by atoms with Gasteiger partial charge in [0.15, 0.2) is 0 Å². The molecule has 2 aromatic heterocycles. The quantitative estimate of drug-likeness (QED) is 0.249. The Hall–Kier alpha value is -3.99. The number of benzene rings is 1. The molecule has 0 unspecified atom stereocenters. The predicted molar refractivity (Wildman–Crippen MR) is 169 cm³/mol. The number of imide groups is 1. The van der Waals surface area contributed by atoms with Gasteiger partial charge in [-0.3, -0.25) is 24.2 Å². The first kappa shape index (κ1) is 31.4. The summed E-state index contributed by atoms with van der Waals surface area (Å²) in [4.78, 5) is 53.7. The zero-order valence-electron chi connectivity index (χ0n) is 25.8. The number of phenols is 1. The van der Waals surface area contributed by atoms with Crippen molar-refractivity contribution < 1.29 is 19.5 Å². The van der Waals surface area contributed by atoms with Crippen LogP contribution < -0.4 is 10.2 Å². The van der Waals surface area contributed by atoms with Crippen LogP contribution in [0, 0.1) is 5.41 Å². The number of hydrogen-bond acceptors (Lipinski definition) is 8. The molecule has 2 aliphatic heterocycles. The van der Waals surface area contributed by atoms with E-state index in [1.54, 1.807) is 24.5 Å². The number of H-pyrrole nitrogens is 1. The van der Waals surface area contributed by atoms with Crippen LogP contribution in [0.1, 0.15) is 63.9 Å². The lowest BCUT2D eigenvalue weighted by Gasteiger charge is -2.37. The molecule has 236 valence electrons. The number of amides is 3. The van der Waals surface area contributed by atoms with Crippen molar-refractivity contribution in [3.05, 3.63) is 48.4 Å². The molecule has 1 spiro atoms. The van der Waals surface area contributed by atoms with E-state index in [1.807, 2.05) is 18.3 Å². The molecule has 44 heavy (non-hydrogen) atoms. The normalized spacial score (nSPS) is 18.5. The van der Waals surface area contributed by atoms with E-state index >= 15 is 0 Å². The molecule has 2 saturated heterocycles. The molecule has 1 aromatic carbocycles. The number of carbonyl (C=O) groups excluding carboxylic acids is 3. The van der Waals surface area contributed by atoms with Crippen molar-refractivity contribution in [2.75, 3.05) is 50.7 Å². The zero-order chi connectivity index (χ0) is 30.9. The molecule has 1 aliphatic carbocycles. The minimum Gasteiger partial charge on any atom is -0.508 e. The number of aromatic amines is 1. The number of carbonyl (C=O) groups is 3. The van der Waals surface area contributed by atoms with Gasteiger partial charge in [-0.15, -0.1) is 0 Å². The third-order valence-corrected chi connectivity index (χ3v) is 9.15. The zero-order valence-corrected chi connectivity index (χ0v) is 25.8. The minimum absolute atomic E-state index is 0.00676. The van der Waals surface area contributed by atoms with Crippen molar-refractivity contribution in [2.24, 2.45) is 5.41 Å². The van der Waals surface area contributed by atoms with Gasteiger partial charge in [-0.25, -0.2) is 9.97 Å². The molecule has 0 bridgehead atoms. The van der Waals surface area contributed by atoms with E-state index in [0.29, 0.717) is 25.9 Å². The Kier molecular flexibility index (Phi) is 10.5. The molecule has 11 nitrogen and oxygen atoms in total. The number of nitrogens with zero attached hydrogens (tertiary/aromatic N) is 5. The predicted octanol–water partition coefficient (Wildman–Crippen LogP) is 3.64. The highest BCUT2D eigenvalue weighted by atomic mass is 16.3. The van der Waals surface area contributed by atoms with Gasteiger partial charge in [0.05, 0.1) is 0 Å². The second-order valence-corrected chi connectivity index (χ2v) is 12.4. The Morgan fingerprint density at radius 1 is 1.00 bits per heavy atom. The van der Waals surface area contributed by atoms with E-state index in [0.717, 1.165) is 87.2 Å². The average Bonchev–Trinajstić information content (AvgIpc) is 3.63. The van der Waals surface area contributed by atoms with E-state index in [2.05, 4.69) is 30.1 Å². The van der Waals surface area contributed by atoms with Crippen LogP contribution in [0.15, 0.2) is 42.9 Å². The smallest absolute Gasteiger partial charge is 0.229 e. The number of hydrogen-bond donors (Lipinski definition) is 3. The van der Waals surface area contributed by atoms with Gasteiger partial charge in [0, 0.05) is 88.5 Å². The number of phenolic OH excluding ortho intramolecular Hbond substituents is 1. The summed E-state index contributed by atoms with van der Waals surface area (Å²) in [5.41, 5.74) is 2.10. The summed E-state index contributed by atoms with van der Waals surface area (Å²) in [5, 5.41) is 13.2. The number of nitrogens with one attached hydrogen (secondary N) is 2. The van der Waals surface area contributed by atoms with Gasteiger partial charge in [-0.05, 0) is 73.9 Å². The van der Waals surface area contributed by atoms with Crippen LogP contribution in [0.5, 0.6) is 5.75 Å². The molecule has 0 radical (unpaired) electrons. The van der Waals surface area contributed by atoms with Gasteiger partial charge in [-0.1, -0.05) is 12.8 Å². The van der Waals surface area contributed by atoms with Crippen molar-refractivity contribution in [2.45, 2.75) is 64.7 Å². The Morgan fingerprint density at radius 3 is 2.36 bits per heavy atom. The van der Waals surface area contributed by atoms with Crippen LogP contribution >= 0.6 is 0 Å². The maximum Gasteiger partial charge on any atom is 0.229 e. The largest absolute Gasteiger partial charge is 0.508 e. The van der Waals surface area contributed by atoms with Crippen molar-refractivity contribution in [1.29, 1.82) is 0 Å². The van der Waals surface area contributed by atoms with Crippen molar-refractivity contribution in [1.82, 2.24) is 30.1 Å². The highest BCUT2D eigenvalue weighted by molar-refractivity contribution is 5.98. The molecule has 6 rings (SSSR count). The number of unbranched alkanes of at least 4 members (excludes halogenated alkanes) is 1. The number of aromatic hydroxyl groups is 1. The number of fused-ring (bicyclic) bond motifs is 1. The van der Waals surface area contributed by atoms with Gasteiger partial charge in [0.25, 0.3) is 0 Å². The molecule has 3 fully saturated rings. The number of rotatable bonds is 9. The molecule has 4 heterocycles. The van der Waals surface area contributed by atoms with E-state index < -0.39 is 0 Å². The monoisotopic (exact) mass is 603 g/mol. The van der Waals surface area contributed by atoms with Crippen LogP contribution in [-0.4, -0.2) is 93.4 Å². The Bertz CT molecular complexity index is 1390. The fourth-order valence-corrected chi connectivity index (χ4v) is 6.74. The lowest BCUT2D eigenvalue weighted by Crippen LogP contribution is -2.48. The van der Waals surface area contributed by atoms with Gasteiger partial charge < -0.3 is 20.3 Å². The summed E-state index contributed by atoms with van der Waals surface area (Å²) in [6.45, 7) is 7.60. The average molecular weight is 604 g/mol. The van der Waals surface area contributed by atoms with E-state index in [-0.39, 0.29) is 28.9 Å².